The van der Waals surface area contributed by atoms with Gasteiger partial charge in [-0.25, -0.2) is 0 Å². The van der Waals surface area contributed by atoms with Crippen LogP contribution in [0.15, 0.2) is 29.0 Å². The van der Waals surface area contributed by atoms with Gasteiger partial charge in [-0.15, -0.1) is 22.7 Å². The molecule has 1 atom stereocenters. The summed E-state index contributed by atoms with van der Waals surface area (Å²) >= 11 is 3.46. The van der Waals surface area contributed by atoms with Crippen LogP contribution in [-0.2, 0) is 0 Å². The van der Waals surface area contributed by atoms with Gasteiger partial charge in [0.15, 0.2) is 0 Å². The summed E-state index contributed by atoms with van der Waals surface area (Å²) in [6.07, 6.45) is 0. The largest absolute Gasteiger partial charge is 0.319 e. The third-order valence-corrected chi connectivity index (χ3v) is 4.09. The molecule has 0 unspecified atom stereocenters. The quantitative estimate of drug-likeness (QED) is 0.807. The molecule has 0 aliphatic carbocycles. The van der Waals surface area contributed by atoms with E-state index in [1.807, 2.05) is 6.07 Å². The SMILES string of the molecule is Cc1ccsc1[C@@H](N)c1cccs1. The van der Waals surface area contributed by atoms with Gasteiger partial charge in [-0.05, 0) is 35.4 Å². The number of hydrogen-bond donors (Lipinski definition) is 1. The second-order valence-corrected chi connectivity index (χ2v) is 4.89. The Morgan fingerprint density at radius 3 is 2.62 bits per heavy atom. The van der Waals surface area contributed by atoms with Gasteiger partial charge in [-0.1, -0.05) is 6.07 Å². The van der Waals surface area contributed by atoms with Gasteiger partial charge in [-0.2, -0.15) is 0 Å². The van der Waals surface area contributed by atoms with Crippen molar-refractivity contribution in [3.8, 4) is 0 Å². The molecule has 68 valence electrons. The van der Waals surface area contributed by atoms with E-state index in [1.54, 1.807) is 22.7 Å². The van der Waals surface area contributed by atoms with Gasteiger partial charge in [0.05, 0.1) is 6.04 Å². The Hall–Kier alpha value is -0.640. The van der Waals surface area contributed by atoms with Crippen LogP contribution in [0.3, 0.4) is 0 Å². The predicted molar refractivity (Wildman–Crippen MR) is 59.4 cm³/mol. The lowest BCUT2D eigenvalue weighted by molar-refractivity contribution is 0.908. The van der Waals surface area contributed by atoms with Crippen molar-refractivity contribution in [3.63, 3.8) is 0 Å². The number of nitrogens with two attached hydrogens (primary N) is 1. The van der Waals surface area contributed by atoms with E-state index in [9.17, 15) is 0 Å². The van der Waals surface area contributed by atoms with Crippen LogP contribution in [-0.4, -0.2) is 0 Å². The first-order valence-corrected chi connectivity index (χ1v) is 5.88. The zero-order valence-electron chi connectivity index (χ0n) is 7.36. The normalized spacial score (nSPS) is 13.1. The molecule has 2 aromatic rings. The van der Waals surface area contributed by atoms with Gasteiger partial charge in [0.2, 0.25) is 0 Å². The minimum atomic E-state index is 0.0694. The van der Waals surface area contributed by atoms with E-state index in [4.69, 9.17) is 5.73 Å². The summed E-state index contributed by atoms with van der Waals surface area (Å²) in [6.45, 7) is 2.11. The second-order valence-electron chi connectivity index (χ2n) is 2.96. The molecule has 2 heterocycles. The molecule has 2 rings (SSSR count). The smallest absolute Gasteiger partial charge is 0.0742 e. The molecule has 0 saturated carbocycles. The molecule has 0 amide bonds. The Balaban J connectivity index is 2.33. The molecule has 0 saturated heterocycles. The van der Waals surface area contributed by atoms with E-state index >= 15 is 0 Å². The number of aryl methyl sites for hydroxylation is 1. The van der Waals surface area contributed by atoms with E-state index in [0.29, 0.717) is 0 Å². The molecule has 0 aliphatic rings. The number of hydrogen-bond acceptors (Lipinski definition) is 3. The Labute approximate surface area is 85.8 Å². The van der Waals surface area contributed by atoms with Crippen molar-refractivity contribution in [1.82, 2.24) is 0 Å². The molecular formula is C10H11NS2. The summed E-state index contributed by atoms with van der Waals surface area (Å²) < 4.78 is 0. The summed E-state index contributed by atoms with van der Waals surface area (Å²) in [5.41, 5.74) is 7.42. The molecule has 0 fully saturated rings. The van der Waals surface area contributed by atoms with Gasteiger partial charge in [0.1, 0.15) is 0 Å². The highest BCUT2D eigenvalue weighted by molar-refractivity contribution is 7.11. The van der Waals surface area contributed by atoms with Gasteiger partial charge in [-0.3, -0.25) is 0 Å². The van der Waals surface area contributed by atoms with E-state index in [0.717, 1.165) is 0 Å². The van der Waals surface area contributed by atoms with Crippen LogP contribution in [0.4, 0.5) is 0 Å². The van der Waals surface area contributed by atoms with Crippen molar-refractivity contribution in [2.45, 2.75) is 13.0 Å². The lowest BCUT2D eigenvalue weighted by Crippen LogP contribution is -2.09. The Kier molecular flexibility index (Phi) is 2.49. The van der Waals surface area contributed by atoms with Crippen molar-refractivity contribution in [2.24, 2.45) is 5.73 Å². The predicted octanol–water partition coefficient (Wildman–Crippen LogP) is 3.17. The van der Waals surface area contributed by atoms with Gasteiger partial charge in [0, 0.05) is 9.75 Å². The summed E-state index contributed by atoms with van der Waals surface area (Å²) in [5.74, 6) is 0. The van der Waals surface area contributed by atoms with Crippen molar-refractivity contribution >= 4 is 22.7 Å². The topological polar surface area (TPSA) is 26.0 Å². The zero-order valence-corrected chi connectivity index (χ0v) is 8.99. The second kappa shape index (κ2) is 3.62. The maximum Gasteiger partial charge on any atom is 0.0742 e. The van der Waals surface area contributed by atoms with Crippen LogP contribution >= 0.6 is 22.7 Å². The molecule has 0 spiro atoms. The van der Waals surface area contributed by atoms with Crippen molar-refractivity contribution in [3.05, 3.63) is 44.3 Å². The van der Waals surface area contributed by atoms with Gasteiger partial charge >= 0.3 is 0 Å². The lowest BCUT2D eigenvalue weighted by Gasteiger charge is -2.07. The Morgan fingerprint density at radius 2 is 2.08 bits per heavy atom. The van der Waals surface area contributed by atoms with E-state index in [-0.39, 0.29) is 6.04 Å². The molecule has 13 heavy (non-hydrogen) atoms. The summed E-state index contributed by atoms with van der Waals surface area (Å²) in [6, 6.07) is 6.32. The van der Waals surface area contributed by atoms with E-state index < -0.39 is 0 Å². The van der Waals surface area contributed by atoms with Crippen LogP contribution in [0, 0.1) is 6.92 Å². The highest BCUT2D eigenvalue weighted by Gasteiger charge is 2.12. The number of rotatable bonds is 2. The van der Waals surface area contributed by atoms with Crippen molar-refractivity contribution in [2.75, 3.05) is 0 Å². The fraction of sp³-hybridized carbons (Fsp3) is 0.200. The van der Waals surface area contributed by atoms with Crippen LogP contribution in [0.1, 0.15) is 21.4 Å². The third kappa shape index (κ3) is 1.68. The van der Waals surface area contributed by atoms with Crippen molar-refractivity contribution < 1.29 is 0 Å². The van der Waals surface area contributed by atoms with Crippen LogP contribution in [0.2, 0.25) is 0 Å². The first kappa shape index (κ1) is 8.94. The summed E-state index contributed by atoms with van der Waals surface area (Å²) in [4.78, 5) is 2.52. The molecule has 2 aromatic heterocycles. The molecule has 1 nitrogen and oxygen atoms in total. The zero-order chi connectivity index (χ0) is 9.26. The molecular weight excluding hydrogens is 198 g/mol. The molecule has 3 heteroatoms. The summed E-state index contributed by atoms with van der Waals surface area (Å²) in [7, 11) is 0. The molecule has 0 radical (unpaired) electrons. The Morgan fingerprint density at radius 1 is 1.23 bits per heavy atom. The molecule has 0 aliphatic heterocycles. The highest BCUT2D eigenvalue weighted by Crippen LogP contribution is 2.29. The maximum absolute atomic E-state index is 6.13. The first-order chi connectivity index (χ1) is 6.29. The lowest BCUT2D eigenvalue weighted by atomic mass is 10.1. The average Bonchev–Trinajstić information content (AvgIpc) is 2.72. The fourth-order valence-electron chi connectivity index (χ4n) is 1.30. The first-order valence-electron chi connectivity index (χ1n) is 4.12. The molecule has 0 bridgehead atoms. The fourth-order valence-corrected chi connectivity index (χ4v) is 3.06. The standard InChI is InChI=1S/C10H11NS2/c1-7-4-6-13-10(7)9(11)8-3-2-5-12-8/h2-6,9H,11H2,1H3/t9-/m0/s1. The van der Waals surface area contributed by atoms with Gasteiger partial charge in [0.25, 0.3) is 0 Å². The van der Waals surface area contributed by atoms with Crippen LogP contribution in [0.25, 0.3) is 0 Å². The third-order valence-electron chi connectivity index (χ3n) is 2.03. The van der Waals surface area contributed by atoms with E-state index in [1.165, 1.54) is 15.3 Å². The monoisotopic (exact) mass is 209 g/mol. The van der Waals surface area contributed by atoms with Crippen LogP contribution < -0.4 is 5.73 Å². The van der Waals surface area contributed by atoms with Crippen molar-refractivity contribution in [1.29, 1.82) is 0 Å². The average molecular weight is 209 g/mol. The van der Waals surface area contributed by atoms with E-state index in [2.05, 4.69) is 29.8 Å². The van der Waals surface area contributed by atoms with Crippen LogP contribution in [0.5, 0.6) is 0 Å². The van der Waals surface area contributed by atoms with Gasteiger partial charge < -0.3 is 5.73 Å². The number of thiophene rings is 2. The Bertz CT molecular complexity index is 375. The molecule has 0 aromatic carbocycles. The molecule has 2 N–H and O–H groups in total. The highest BCUT2D eigenvalue weighted by atomic mass is 32.1. The summed E-state index contributed by atoms with van der Waals surface area (Å²) in [5, 5.41) is 4.16. The minimum Gasteiger partial charge on any atom is -0.319 e. The minimum absolute atomic E-state index is 0.0694. The maximum atomic E-state index is 6.13.